The number of esters is 1. The van der Waals surface area contributed by atoms with E-state index in [4.69, 9.17) is 25.1 Å². The van der Waals surface area contributed by atoms with Crippen LogP contribution < -0.4 is 4.74 Å². The molecule has 1 aliphatic heterocycles. The van der Waals surface area contributed by atoms with Crippen LogP contribution in [0.15, 0.2) is 18.2 Å². The molecule has 1 aliphatic rings. The smallest absolute Gasteiger partial charge is 0.407 e. The van der Waals surface area contributed by atoms with Crippen LogP contribution in [0, 0.1) is 12.3 Å². The van der Waals surface area contributed by atoms with Crippen molar-refractivity contribution in [3.8, 4) is 18.1 Å². The number of piperidine rings is 1. The van der Waals surface area contributed by atoms with Crippen molar-refractivity contribution in [3.05, 3.63) is 29.3 Å². The fraction of sp³-hybridized carbons (Fsp3) is 0.615. The summed E-state index contributed by atoms with van der Waals surface area (Å²) in [7, 11) is -0.543. The molecule has 1 aromatic carbocycles. The SMILES string of the molecule is C#CCOC1CCN(C(=O)O)[C@H](c2ccc(C(=O)OC)cc2OCCCO[Si](C)(C)C(C)(C)C)C1. The number of carboxylic acid groups (broad SMARTS) is 1. The molecule has 0 spiro atoms. The summed E-state index contributed by atoms with van der Waals surface area (Å²) in [5.41, 5.74) is 1.01. The number of hydrogen-bond acceptors (Lipinski definition) is 6. The Bertz CT molecular complexity index is 919. The van der Waals surface area contributed by atoms with Gasteiger partial charge in [-0.2, -0.15) is 0 Å². The first-order valence-electron chi connectivity index (χ1n) is 11.9. The number of rotatable bonds is 10. The summed E-state index contributed by atoms with van der Waals surface area (Å²) in [6, 6.07) is 4.48. The first-order valence-corrected chi connectivity index (χ1v) is 14.9. The van der Waals surface area contributed by atoms with Gasteiger partial charge in [0.1, 0.15) is 12.4 Å². The van der Waals surface area contributed by atoms with Gasteiger partial charge in [0.05, 0.1) is 31.4 Å². The van der Waals surface area contributed by atoms with E-state index < -0.39 is 26.4 Å². The first-order chi connectivity index (χ1) is 16.4. The minimum absolute atomic E-state index is 0.120. The third-order valence-corrected chi connectivity index (χ3v) is 11.3. The maximum absolute atomic E-state index is 12.1. The van der Waals surface area contributed by atoms with E-state index in [2.05, 4.69) is 39.8 Å². The normalized spacial score (nSPS) is 18.6. The number of hydrogen-bond donors (Lipinski definition) is 1. The molecule has 2 atom stereocenters. The Hall–Kier alpha value is -2.54. The van der Waals surface area contributed by atoms with Crippen molar-refractivity contribution >= 4 is 20.4 Å². The first kappa shape index (κ1) is 28.7. The van der Waals surface area contributed by atoms with Crippen LogP contribution in [0.2, 0.25) is 18.1 Å². The summed E-state index contributed by atoms with van der Waals surface area (Å²) in [6.07, 6.45) is 5.81. The summed E-state index contributed by atoms with van der Waals surface area (Å²) in [6.45, 7) is 12.4. The van der Waals surface area contributed by atoms with Crippen LogP contribution in [0.4, 0.5) is 4.79 Å². The number of methoxy groups -OCH3 is 1. The number of carbonyl (C=O) groups excluding carboxylic acids is 1. The second-order valence-corrected chi connectivity index (χ2v) is 15.0. The van der Waals surface area contributed by atoms with Crippen LogP contribution in [0.1, 0.15) is 62.0 Å². The predicted octanol–water partition coefficient (Wildman–Crippen LogP) is 5.10. The molecule has 1 saturated heterocycles. The molecule has 8 nitrogen and oxygen atoms in total. The van der Waals surface area contributed by atoms with Gasteiger partial charge in [-0.05, 0) is 43.1 Å². The van der Waals surface area contributed by atoms with Gasteiger partial charge in [0.25, 0.3) is 0 Å². The maximum Gasteiger partial charge on any atom is 0.407 e. The summed E-state index contributed by atoms with van der Waals surface area (Å²) in [4.78, 5) is 25.5. The molecule has 1 unspecified atom stereocenters. The fourth-order valence-corrected chi connectivity index (χ4v) is 4.83. The minimum atomic E-state index is -1.86. The zero-order valence-corrected chi connectivity index (χ0v) is 22.8. The number of ether oxygens (including phenoxy) is 3. The number of nitrogens with zero attached hydrogens (tertiary/aromatic N) is 1. The van der Waals surface area contributed by atoms with Gasteiger partial charge in [0.15, 0.2) is 8.32 Å². The highest BCUT2D eigenvalue weighted by Crippen LogP contribution is 2.38. The third kappa shape index (κ3) is 7.72. The van der Waals surface area contributed by atoms with Gasteiger partial charge in [-0.25, -0.2) is 9.59 Å². The Morgan fingerprint density at radius 3 is 2.57 bits per heavy atom. The highest BCUT2D eigenvalue weighted by atomic mass is 28.4. The van der Waals surface area contributed by atoms with Crippen LogP contribution >= 0.6 is 0 Å². The van der Waals surface area contributed by atoms with E-state index in [-0.39, 0.29) is 17.7 Å². The van der Waals surface area contributed by atoms with Gasteiger partial charge in [-0.1, -0.05) is 32.8 Å². The molecule has 1 N–H and O–H groups in total. The third-order valence-electron chi connectivity index (χ3n) is 6.81. The molecule has 0 aliphatic carbocycles. The molecular formula is C26H39NO7Si. The average molecular weight is 506 g/mol. The topological polar surface area (TPSA) is 94.5 Å². The second kappa shape index (κ2) is 12.4. The highest BCUT2D eigenvalue weighted by molar-refractivity contribution is 6.74. The molecule has 194 valence electrons. The molecule has 0 radical (unpaired) electrons. The van der Waals surface area contributed by atoms with Crippen LogP contribution in [-0.4, -0.2) is 70.0 Å². The lowest BCUT2D eigenvalue weighted by Gasteiger charge is -2.38. The van der Waals surface area contributed by atoms with Gasteiger partial charge >= 0.3 is 12.1 Å². The lowest BCUT2D eigenvalue weighted by molar-refractivity contribution is 0.00154. The van der Waals surface area contributed by atoms with Gasteiger partial charge in [0.2, 0.25) is 0 Å². The van der Waals surface area contributed by atoms with Crippen LogP contribution in [0.3, 0.4) is 0 Å². The molecule has 1 heterocycles. The Morgan fingerprint density at radius 1 is 1.26 bits per heavy atom. The molecule has 0 bridgehead atoms. The number of benzene rings is 1. The number of carbonyl (C=O) groups is 2. The number of likely N-dealkylation sites (tertiary alicyclic amines) is 1. The van der Waals surface area contributed by atoms with Gasteiger partial charge in [0, 0.05) is 25.1 Å². The van der Waals surface area contributed by atoms with Crippen molar-refractivity contribution in [3.63, 3.8) is 0 Å². The molecular weight excluding hydrogens is 466 g/mol. The van der Waals surface area contributed by atoms with E-state index in [1.54, 1.807) is 18.2 Å². The molecule has 1 amide bonds. The van der Waals surface area contributed by atoms with Crippen molar-refractivity contribution in [1.29, 1.82) is 0 Å². The summed E-state index contributed by atoms with van der Waals surface area (Å²) < 4.78 is 22.9. The largest absolute Gasteiger partial charge is 0.493 e. The Labute approximate surface area is 210 Å². The predicted molar refractivity (Wildman–Crippen MR) is 136 cm³/mol. The quantitative estimate of drug-likeness (QED) is 0.205. The summed E-state index contributed by atoms with van der Waals surface area (Å²) in [5, 5.41) is 9.94. The molecule has 0 saturated carbocycles. The van der Waals surface area contributed by atoms with Crippen molar-refractivity contribution in [2.75, 3.05) is 33.5 Å². The van der Waals surface area contributed by atoms with E-state index in [1.165, 1.54) is 12.0 Å². The summed E-state index contributed by atoms with van der Waals surface area (Å²) >= 11 is 0. The maximum atomic E-state index is 12.1. The molecule has 9 heteroatoms. The van der Waals surface area contributed by atoms with E-state index in [9.17, 15) is 14.7 Å². The zero-order chi connectivity index (χ0) is 26.2. The van der Waals surface area contributed by atoms with Crippen LogP contribution in [0.5, 0.6) is 5.75 Å². The van der Waals surface area contributed by atoms with Gasteiger partial charge < -0.3 is 28.6 Å². The lowest BCUT2D eigenvalue weighted by Crippen LogP contribution is -2.42. The number of amides is 1. The van der Waals surface area contributed by atoms with E-state index in [1.807, 2.05) is 0 Å². The van der Waals surface area contributed by atoms with Crippen LogP contribution in [-0.2, 0) is 13.9 Å². The Morgan fingerprint density at radius 2 is 1.97 bits per heavy atom. The fourth-order valence-electron chi connectivity index (χ4n) is 3.74. The monoisotopic (exact) mass is 505 g/mol. The van der Waals surface area contributed by atoms with Crippen LogP contribution in [0.25, 0.3) is 0 Å². The Kier molecular flexibility index (Phi) is 10.2. The molecule has 2 rings (SSSR count). The van der Waals surface area contributed by atoms with Crippen molar-refractivity contribution in [2.24, 2.45) is 0 Å². The highest BCUT2D eigenvalue weighted by Gasteiger charge is 2.37. The number of terminal acetylenes is 1. The van der Waals surface area contributed by atoms with E-state index in [0.717, 1.165) is 0 Å². The van der Waals surface area contributed by atoms with Gasteiger partial charge in [-0.15, -0.1) is 6.42 Å². The Balaban J connectivity index is 2.22. The standard InChI is InChI=1S/C26H39NO7Si/c1-8-14-32-20-12-13-27(25(29)30)22(18-20)21-11-10-19(24(28)31-5)17-23(21)33-15-9-16-34-35(6,7)26(2,3)4/h1,10-11,17,20,22H,9,12-16,18H2,2-7H3,(H,29,30)/t20?,22-/m0/s1. The second-order valence-electron chi connectivity index (χ2n) is 10.2. The molecule has 1 fully saturated rings. The summed E-state index contributed by atoms with van der Waals surface area (Å²) in [5.74, 6) is 2.43. The van der Waals surface area contributed by atoms with Gasteiger partial charge in [-0.3, -0.25) is 0 Å². The molecule has 0 aromatic heterocycles. The average Bonchev–Trinajstić information content (AvgIpc) is 2.80. The van der Waals surface area contributed by atoms with Crippen molar-refractivity contribution in [2.45, 2.75) is 70.3 Å². The van der Waals surface area contributed by atoms with E-state index >= 15 is 0 Å². The minimum Gasteiger partial charge on any atom is -0.493 e. The van der Waals surface area contributed by atoms with Crippen molar-refractivity contribution in [1.82, 2.24) is 4.90 Å². The van der Waals surface area contributed by atoms with Crippen molar-refractivity contribution < 1.29 is 33.3 Å². The molecule has 1 aromatic rings. The molecule has 35 heavy (non-hydrogen) atoms. The zero-order valence-electron chi connectivity index (χ0n) is 21.8. The van der Waals surface area contributed by atoms with E-state index in [0.29, 0.717) is 55.9 Å². The lowest BCUT2D eigenvalue weighted by atomic mass is 9.92.